The normalized spacial score (nSPS) is 25.8. The molecule has 11 heavy (non-hydrogen) atoms. The number of likely N-dealkylation sites (tertiary alicyclic amines) is 1. The van der Waals surface area contributed by atoms with Crippen LogP contribution in [0.4, 0.5) is 0 Å². The first-order chi connectivity index (χ1) is 5.36. The van der Waals surface area contributed by atoms with Crippen molar-refractivity contribution in [2.24, 2.45) is 5.92 Å². The minimum Gasteiger partial charge on any atom is -0.298 e. The molecule has 0 bridgehead atoms. The van der Waals surface area contributed by atoms with E-state index >= 15 is 0 Å². The van der Waals surface area contributed by atoms with Crippen LogP contribution in [-0.2, 0) is 4.79 Å². The topological polar surface area (TPSA) is 20.3 Å². The smallest absolute Gasteiger partial charge is 0.149 e. The average molecular weight is 153 g/mol. The summed E-state index contributed by atoms with van der Waals surface area (Å²) in [6, 6.07) is 0. The molecule has 1 aliphatic carbocycles. The summed E-state index contributed by atoms with van der Waals surface area (Å²) in [5.74, 6) is 0.937. The number of rotatable bonds is 3. The third-order valence-electron chi connectivity index (χ3n) is 2.89. The summed E-state index contributed by atoms with van der Waals surface area (Å²) in [5.41, 5.74) is 0. The lowest BCUT2D eigenvalue weighted by molar-refractivity contribution is -0.127. The van der Waals surface area contributed by atoms with Crippen LogP contribution in [0.5, 0.6) is 0 Å². The molecular weight excluding hydrogens is 138 g/mol. The van der Waals surface area contributed by atoms with Crippen LogP contribution in [0.2, 0.25) is 0 Å². The van der Waals surface area contributed by atoms with E-state index in [9.17, 15) is 4.79 Å². The molecular formula is C9H15NO. The van der Waals surface area contributed by atoms with Crippen molar-refractivity contribution in [3.05, 3.63) is 0 Å². The third-order valence-corrected chi connectivity index (χ3v) is 2.89. The van der Waals surface area contributed by atoms with Crippen molar-refractivity contribution in [1.29, 1.82) is 0 Å². The van der Waals surface area contributed by atoms with Crippen LogP contribution < -0.4 is 0 Å². The Balaban J connectivity index is 1.71. The summed E-state index contributed by atoms with van der Waals surface area (Å²) >= 11 is 0. The van der Waals surface area contributed by atoms with E-state index in [1.807, 2.05) is 0 Å². The molecule has 0 radical (unpaired) electrons. The fourth-order valence-electron chi connectivity index (χ4n) is 1.62. The molecule has 62 valence electrons. The Kier molecular flexibility index (Phi) is 1.95. The standard InChI is InChI=1S/C9H15NO/c11-9(8-3-1-4-8)7-10-5-2-6-10/h8H,1-7H2. The van der Waals surface area contributed by atoms with E-state index in [0.29, 0.717) is 11.7 Å². The van der Waals surface area contributed by atoms with Crippen LogP contribution in [0.1, 0.15) is 25.7 Å². The lowest BCUT2D eigenvalue weighted by Crippen LogP contribution is -2.43. The number of Topliss-reactive ketones (excluding diaryl/α,β-unsaturated/α-hetero) is 1. The highest BCUT2D eigenvalue weighted by atomic mass is 16.1. The lowest BCUT2D eigenvalue weighted by atomic mass is 9.82. The van der Waals surface area contributed by atoms with Gasteiger partial charge in [0.1, 0.15) is 5.78 Å². The number of nitrogens with zero attached hydrogens (tertiary/aromatic N) is 1. The van der Waals surface area contributed by atoms with Gasteiger partial charge in [-0.05, 0) is 32.4 Å². The van der Waals surface area contributed by atoms with Gasteiger partial charge >= 0.3 is 0 Å². The second-order valence-corrected chi connectivity index (χ2v) is 3.72. The zero-order chi connectivity index (χ0) is 7.68. The van der Waals surface area contributed by atoms with Crippen LogP contribution in [0.15, 0.2) is 0 Å². The first kappa shape index (κ1) is 7.29. The Morgan fingerprint density at radius 3 is 2.36 bits per heavy atom. The van der Waals surface area contributed by atoms with Crippen molar-refractivity contribution in [2.45, 2.75) is 25.7 Å². The van der Waals surface area contributed by atoms with E-state index in [2.05, 4.69) is 4.90 Å². The van der Waals surface area contributed by atoms with E-state index in [1.165, 1.54) is 12.8 Å². The molecule has 2 aliphatic rings. The van der Waals surface area contributed by atoms with Gasteiger partial charge in [0.2, 0.25) is 0 Å². The van der Waals surface area contributed by atoms with Crippen LogP contribution in [0, 0.1) is 5.92 Å². The predicted molar refractivity (Wildman–Crippen MR) is 43.4 cm³/mol. The number of hydrogen-bond acceptors (Lipinski definition) is 2. The van der Waals surface area contributed by atoms with Crippen molar-refractivity contribution in [3.63, 3.8) is 0 Å². The van der Waals surface area contributed by atoms with Gasteiger partial charge in [-0.1, -0.05) is 6.42 Å². The molecule has 0 amide bonds. The highest BCUT2D eigenvalue weighted by Gasteiger charge is 2.27. The molecule has 0 unspecified atom stereocenters. The SMILES string of the molecule is O=C(CN1CCC1)C1CCC1. The molecule has 1 saturated heterocycles. The highest BCUT2D eigenvalue weighted by Crippen LogP contribution is 2.27. The zero-order valence-corrected chi connectivity index (χ0v) is 6.88. The van der Waals surface area contributed by atoms with Gasteiger partial charge in [0, 0.05) is 5.92 Å². The fraction of sp³-hybridized carbons (Fsp3) is 0.889. The molecule has 1 aliphatic heterocycles. The van der Waals surface area contributed by atoms with Gasteiger partial charge in [-0.3, -0.25) is 9.69 Å². The molecule has 2 heteroatoms. The van der Waals surface area contributed by atoms with E-state index in [1.54, 1.807) is 0 Å². The molecule has 1 saturated carbocycles. The van der Waals surface area contributed by atoms with Crippen LogP contribution in [-0.4, -0.2) is 30.3 Å². The van der Waals surface area contributed by atoms with Gasteiger partial charge in [0.25, 0.3) is 0 Å². The number of carbonyl (C=O) groups is 1. The van der Waals surface area contributed by atoms with E-state index in [-0.39, 0.29) is 0 Å². The van der Waals surface area contributed by atoms with Gasteiger partial charge in [0.15, 0.2) is 0 Å². The first-order valence-electron chi connectivity index (χ1n) is 4.61. The van der Waals surface area contributed by atoms with Gasteiger partial charge in [0.05, 0.1) is 6.54 Å². The Morgan fingerprint density at radius 2 is 2.00 bits per heavy atom. The van der Waals surface area contributed by atoms with Crippen LogP contribution >= 0.6 is 0 Å². The second kappa shape index (κ2) is 2.94. The van der Waals surface area contributed by atoms with Gasteiger partial charge in [-0.15, -0.1) is 0 Å². The highest BCUT2D eigenvalue weighted by molar-refractivity contribution is 5.83. The van der Waals surface area contributed by atoms with Gasteiger partial charge < -0.3 is 0 Å². The molecule has 2 rings (SSSR count). The van der Waals surface area contributed by atoms with Crippen LogP contribution in [0.25, 0.3) is 0 Å². The molecule has 0 aromatic heterocycles. The lowest BCUT2D eigenvalue weighted by Gasteiger charge is -2.33. The number of ketones is 1. The van der Waals surface area contributed by atoms with E-state index in [0.717, 1.165) is 32.5 Å². The van der Waals surface area contributed by atoms with Crippen molar-refractivity contribution < 1.29 is 4.79 Å². The van der Waals surface area contributed by atoms with Gasteiger partial charge in [-0.2, -0.15) is 0 Å². The Labute approximate surface area is 67.6 Å². The summed E-state index contributed by atoms with van der Waals surface area (Å²) in [7, 11) is 0. The molecule has 0 spiro atoms. The summed E-state index contributed by atoms with van der Waals surface area (Å²) in [6.07, 6.45) is 4.88. The Morgan fingerprint density at radius 1 is 1.27 bits per heavy atom. The maximum absolute atomic E-state index is 11.4. The summed E-state index contributed by atoms with van der Waals surface area (Å²) < 4.78 is 0. The maximum Gasteiger partial charge on any atom is 0.149 e. The van der Waals surface area contributed by atoms with Crippen molar-refractivity contribution >= 4 is 5.78 Å². The van der Waals surface area contributed by atoms with Crippen molar-refractivity contribution in [1.82, 2.24) is 4.90 Å². The second-order valence-electron chi connectivity index (χ2n) is 3.72. The molecule has 2 nitrogen and oxygen atoms in total. The average Bonchev–Trinajstić information content (AvgIpc) is 1.74. The maximum atomic E-state index is 11.4. The molecule has 1 heterocycles. The molecule has 0 N–H and O–H groups in total. The Bertz CT molecular complexity index is 159. The van der Waals surface area contributed by atoms with Crippen molar-refractivity contribution in [3.8, 4) is 0 Å². The minimum atomic E-state index is 0.440. The molecule has 0 aromatic carbocycles. The monoisotopic (exact) mass is 153 g/mol. The third kappa shape index (κ3) is 1.45. The summed E-state index contributed by atoms with van der Waals surface area (Å²) in [6.45, 7) is 3.04. The largest absolute Gasteiger partial charge is 0.298 e. The van der Waals surface area contributed by atoms with Gasteiger partial charge in [-0.25, -0.2) is 0 Å². The summed E-state index contributed by atoms with van der Waals surface area (Å²) in [4.78, 5) is 13.6. The Hall–Kier alpha value is -0.370. The predicted octanol–water partition coefficient (Wildman–Crippen LogP) is 1.06. The van der Waals surface area contributed by atoms with E-state index < -0.39 is 0 Å². The number of hydrogen-bond donors (Lipinski definition) is 0. The first-order valence-corrected chi connectivity index (χ1v) is 4.61. The summed E-state index contributed by atoms with van der Waals surface area (Å²) in [5, 5.41) is 0. The number of carbonyl (C=O) groups excluding carboxylic acids is 1. The zero-order valence-electron chi connectivity index (χ0n) is 6.88. The minimum absolute atomic E-state index is 0.440. The van der Waals surface area contributed by atoms with E-state index in [4.69, 9.17) is 0 Å². The van der Waals surface area contributed by atoms with Crippen LogP contribution in [0.3, 0.4) is 0 Å². The molecule has 0 atom stereocenters. The molecule has 2 fully saturated rings. The fourth-order valence-corrected chi connectivity index (χ4v) is 1.62. The van der Waals surface area contributed by atoms with Crippen molar-refractivity contribution in [2.75, 3.05) is 19.6 Å². The quantitative estimate of drug-likeness (QED) is 0.604. The molecule has 0 aromatic rings.